The Labute approximate surface area is 718 Å². The molecule has 3 saturated heterocycles. The quantitative estimate of drug-likeness (QED) is 0.0808. The summed E-state index contributed by atoms with van der Waals surface area (Å²) in [6, 6.07) is 37.1. The maximum absolute atomic E-state index is 16.1. The van der Waals surface area contributed by atoms with E-state index in [2.05, 4.69) is 49.7 Å². The molecule has 0 saturated carbocycles. The van der Waals surface area contributed by atoms with Crippen molar-refractivity contribution < 1.29 is 51.3 Å². The molecule has 0 bridgehead atoms. The molecule has 6 aromatic heterocycles. The summed E-state index contributed by atoms with van der Waals surface area (Å²) in [4.78, 5) is 98.4. The SMILES string of the molecule is C=CC(=O)N1C[C@@H]2CN(C)c3c(c4cc(F)c(-c5c(O)cccc5F)nc4n(-c4ccccc4C(C)C)c3=O)N2C[C@H]1C.C=CC(=O)N1C[C@@H]2CN(C)c3c(c4cc(F)c(-c5c(O)cccc5F)nc4n(-c4ccccc4C(C)C)c3=O)N2C[C@H]1C.CC(C)c1ccccc1-n1c(=O)c2c(c3cc(F)c(-c4c(O)cccc4F)nc31)N1C[C@@H](C)CC[C@@H]1CN2C. The summed E-state index contributed by atoms with van der Waals surface area (Å²) in [5.74, 6) is -5.98. The van der Waals surface area contributed by atoms with Crippen molar-refractivity contribution in [1.29, 1.82) is 0 Å². The number of nitrogens with zero attached hydrogens (tertiary/aromatic N) is 14. The van der Waals surface area contributed by atoms with Crippen molar-refractivity contribution in [2.45, 2.75) is 123 Å². The minimum Gasteiger partial charge on any atom is -0.507 e. The van der Waals surface area contributed by atoms with Gasteiger partial charge in [0.25, 0.3) is 16.7 Å². The largest absolute Gasteiger partial charge is 0.507 e. The lowest BCUT2D eigenvalue weighted by molar-refractivity contribution is -0.129. The van der Waals surface area contributed by atoms with Crippen LogP contribution in [0.1, 0.15) is 110 Å². The highest BCUT2D eigenvalue weighted by Crippen LogP contribution is 2.49. The number of piperidine rings is 1. The first-order chi connectivity index (χ1) is 59.7. The van der Waals surface area contributed by atoms with Crippen molar-refractivity contribution in [3.8, 4) is 68.1 Å². The van der Waals surface area contributed by atoms with Crippen LogP contribution in [0.2, 0.25) is 0 Å². The van der Waals surface area contributed by atoms with Gasteiger partial charge in [-0.05, 0) is 152 Å². The molecule has 0 unspecified atom stereocenters. The summed E-state index contributed by atoms with van der Waals surface area (Å²) in [6.45, 7) is 29.5. The van der Waals surface area contributed by atoms with Crippen LogP contribution in [-0.4, -0.2) is 169 Å². The van der Waals surface area contributed by atoms with Crippen molar-refractivity contribution in [3.63, 3.8) is 0 Å². The summed E-state index contributed by atoms with van der Waals surface area (Å²) in [5.41, 5.74) is 4.88. The number of phenolic OH excluding ortho intramolecular Hbond substituents is 3. The number of benzene rings is 6. The Hall–Kier alpha value is -13.4. The van der Waals surface area contributed by atoms with Gasteiger partial charge in [0.1, 0.15) is 68.8 Å². The van der Waals surface area contributed by atoms with Gasteiger partial charge in [-0.1, -0.05) is 134 Å². The minimum atomic E-state index is -0.837. The highest BCUT2D eigenvalue weighted by molar-refractivity contribution is 6.04. The second-order valence-electron chi connectivity index (χ2n) is 34.5. The fourth-order valence-corrected chi connectivity index (χ4v) is 19.3. The Morgan fingerprint density at radius 1 is 0.384 bits per heavy atom. The fraction of sp³-hybridized carbons (Fsp3) is 0.320. The predicted molar refractivity (Wildman–Crippen MR) is 480 cm³/mol. The molecule has 28 heteroatoms. The van der Waals surface area contributed by atoms with E-state index < -0.39 is 63.5 Å². The second kappa shape index (κ2) is 33.3. The Balaban J connectivity index is 0.000000139. The van der Waals surface area contributed by atoms with Gasteiger partial charge in [0.15, 0.2) is 34.4 Å². The minimum absolute atomic E-state index is 0.0446. The number of aromatic nitrogens is 6. The monoisotopic (exact) mass is 1700 g/mol. The fourth-order valence-electron chi connectivity index (χ4n) is 19.3. The van der Waals surface area contributed by atoms with Crippen molar-refractivity contribution in [2.24, 2.45) is 5.92 Å². The highest BCUT2D eigenvalue weighted by Gasteiger charge is 2.45. The zero-order valence-electron chi connectivity index (χ0n) is 71.6. The summed E-state index contributed by atoms with van der Waals surface area (Å²) >= 11 is 0. The maximum Gasteiger partial charge on any atom is 0.282 e. The number of carbonyl (C=O) groups is 2. The van der Waals surface area contributed by atoms with E-state index in [0.717, 1.165) is 54.3 Å². The zero-order valence-corrected chi connectivity index (χ0v) is 71.6. The van der Waals surface area contributed by atoms with E-state index in [9.17, 15) is 43.7 Å². The van der Waals surface area contributed by atoms with Crippen LogP contribution in [0.5, 0.6) is 17.2 Å². The number of rotatable bonds is 11. The third-order valence-corrected chi connectivity index (χ3v) is 25.2. The van der Waals surface area contributed by atoms with Gasteiger partial charge < -0.3 is 54.5 Å². The summed E-state index contributed by atoms with van der Waals surface area (Å²) in [6.07, 6.45) is 4.66. The number of para-hydroxylation sites is 3. The molecular formula is C97H98F6N14O8. The molecule has 12 heterocycles. The molecule has 0 aliphatic carbocycles. The number of carbonyl (C=O) groups excluding carboxylic acids is 2. The number of piperazine rings is 2. The Morgan fingerprint density at radius 2 is 0.680 bits per heavy atom. The number of halogens is 6. The standard InChI is InChI=1S/2C33H33F2N5O3.C31H32F2N4O2/c2*1-6-27(42)38-17-20-16-37(5)31-30(39(20)15-19(38)4)22-14-24(35)29(28-23(34)11-9-13-26(28)41)36-32(22)40(33(31)43)25-12-8-7-10-21(25)18(2)3;1-17(2)20-8-5-6-10-24(20)37-30-21(14-23(33)27(34-30)26-22(32)9-7-11-25(26)38)28-29(31(37)39)35(4)16-19-13-12-18(3)15-36(19)28/h2*6-14,18-20,41H,1,15-17H2,2-5H3;5-11,14,17-19,38H,12-13,15-16H2,1-4H3/t2*19-,20+;18-,19+/m110/s1. The van der Waals surface area contributed by atoms with Crippen LogP contribution in [0.25, 0.3) is 83.9 Å². The first kappa shape index (κ1) is 85.2. The van der Waals surface area contributed by atoms with E-state index >= 15 is 22.0 Å². The molecule has 6 aromatic carbocycles. The summed E-state index contributed by atoms with van der Waals surface area (Å²) < 4.78 is 97.5. The van der Waals surface area contributed by atoms with Crippen LogP contribution in [-0.2, 0) is 9.59 Å². The van der Waals surface area contributed by atoms with Crippen molar-refractivity contribution in [2.75, 3.05) is 103 Å². The molecule has 3 N–H and O–H groups in total. The third-order valence-electron chi connectivity index (χ3n) is 25.2. The number of pyridine rings is 6. The molecule has 0 radical (unpaired) electrons. The first-order valence-corrected chi connectivity index (χ1v) is 42.1. The van der Waals surface area contributed by atoms with Crippen LogP contribution in [0.15, 0.2) is 185 Å². The van der Waals surface area contributed by atoms with Crippen LogP contribution in [0.3, 0.4) is 0 Å². The molecule has 6 aliphatic rings. The topological polar surface area (TPSA) is 225 Å². The predicted octanol–water partition coefficient (Wildman–Crippen LogP) is 16.6. The lowest BCUT2D eigenvalue weighted by Gasteiger charge is -2.51. The van der Waals surface area contributed by atoms with Gasteiger partial charge in [-0.2, -0.15) is 0 Å². The van der Waals surface area contributed by atoms with Crippen LogP contribution >= 0.6 is 0 Å². The van der Waals surface area contributed by atoms with Crippen LogP contribution in [0, 0.1) is 40.8 Å². The normalized spacial score (nSPS) is 18.4. The summed E-state index contributed by atoms with van der Waals surface area (Å²) in [5, 5.41) is 32.8. The number of hydrogen-bond donors (Lipinski definition) is 3. The number of fused-ring (bicyclic) bond motifs is 15. The van der Waals surface area contributed by atoms with Gasteiger partial charge in [-0.25, -0.2) is 41.3 Å². The van der Waals surface area contributed by atoms with Crippen molar-refractivity contribution >= 4 is 79.0 Å². The molecule has 6 atom stereocenters. The number of aromatic hydroxyl groups is 3. The molecule has 6 aliphatic heterocycles. The van der Waals surface area contributed by atoms with Crippen molar-refractivity contribution in [3.05, 3.63) is 254 Å². The molecule has 18 rings (SSSR count). The van der Waals surface area contributed by atoms with Gasteiger partial charge in [0, 0.05) is 108 Å². The third kappa shape index (κ3) is 14.6. The molecule has 125 heavy (non-hydrogen) atoms. The molecule has 3 fully saturated rings. The van der Waals surface area contributed by atoms with Crippen molar-refractivity contribution in [1.82, 2.24) is 38.5 Å². The van der Waals surface area contributed by atoms with Crippen LogP contribution < -0.4 is 46.1 Å². The molecule has 646 valence electrons. The zero-order chi connectivity index (χ0) is 89.1. The molecule has 22 nitrogen and oxygen atoms in total. The van der Waals surface area contributed by atoms with E-state index in [4.69, 9.17) is 0 Å². The highest BCUT2D eigenvalue weighted by atomic mass is 19.1. The number of amides is 2. The van der Waals surface area contributed by atoms with E-state index in [0.29, 0.717) is 119 Å². The Kier molecular flexibility index (Phi) is 22.7. The average Bonchev–Trinajstić information content (AvgIpc) is 0.738. The lowest BCUT2D eigenvalue weighted by atomic mass is 9.90. The van der Waals surface area contributed by atoms with Gasteiger partial charge in [0.2, 0.25) is 11.8 Å². The Bertz CT molecular complexity index is 6280. The number of likely N-dealkylation sites (N-methyl/N-ethyl adjacent to an activating group) is 3. The van der Waals surface area contributed by atoms with E-state index in [1.165, 1.54) is 80.5 Å². The van der Waals surface area contributed by atoms with Gasteiger partial charge in [-0.15, -0.1) is 0 Å². The molecule has 2 amide bonds. The number of phenols is 3. The average molecular weight is 1700 g/mol. The van der Waals surface area contributed by atoms with Gasteiger partial charge in [0.05, 0.1) is 62.9 Å². The smallest absolute Gasteiger partial charge is 0.282 e. The molecule has 0 spiro atoms. The van der Waals surface area contributed by atoms with E-state index in [1.807, 2.05) is 164 Å². The number of hydrogen-bond acceptors (Lipinski definition) is 17. The molecule has 12 aromatic rings. The summed E-state index contributed by atoms with van der Waals surface area (Å²) in [7, 11) is 5.54. The van der Waals surface area contributed by atoms with Gasteiger partial charge in [-0.3, -0.25) is 37.7 Å². The van der Waals surface area contributed by atoms with E-state index in [-0.39, 0.29) is 116 Å². The second-order valence-corrected chi connectivity index (χ2v) is 34.5. The Morgan fingerprint density at radius 3 is 0.976 bits per heavy atom. The molecular weight excluding hydrogens is 1600 g/mol. The maximum atomic E-state index is 16.1. The van der Waals surface area contributed by atoms with Crippen LogP contribution in [0.4, 0.5) is 60.5 Å². The van der Waals surface area contributed by atoms with E-state index in [1.54, 1.807) is 9.80 Å². The first-order valence-electron chi connectivity index (χ1n) is 42.1. The van der Waals surface area contributed by atoms with Gasteiger partial charge >= 0.3 is 0 Å². The number of anilines is 6. The lowest BCUT2D eigenvalue weighted by Crippen LogP contribution is -2.64.